The van der Waals surface area contributed by atoms with E-state index in [4.69, 9.17) is 0 Å². The van der Waals surface area contributed by atoms with E-state index < -0.39 is 0 Å². The Hall–Kier alpha value is -1.26. The number of aromatic nitrogens is 1. The van der Waals surface area contributed by atoms with E-state index in [1.807, 2.05) is 24.4 Å². The minimum Gasteiger partial charge on any atom is -0.316 e. The molecule has 2 nitrogen and oxygen atoms in total. The maximum Gasteiger partial charge on any atom is 0.123 e. The van der Waals surface area contributed by atoms with Crippen molar-refractivity contribution in [2.75, 3.05) is 13.1 Å². The van der Waals surface area contributed by atoms with Crippen LogP contribution in [0.25, 0.3) is 0 Å². The Morgan fingerprint density at radius 3 is 2.60 bits per heavy atom. The second kappa shape index (κ2) is 6.02. The van der Waals surface area contributed by atoms with Gasteiger partial charge in [-0.2, -0.15) is 0 Å². The highest BCUT2D eigenvalue weighted by Crippen LogP contribution is 2.36. The molecule has 1 aliphatic heterocycles. The first kappa shape index (κ1) is 13.7. The van der Waals surface area contributed by atoms with Gasteiger partial charge in [-0.1, -0.05) is 12.1 Å². The number of benzene rings is 1. The Bertz CT molecular complexity index is 515. The molecule has 2 atom stereocenters. The molecular weight excluding hydrogens is 319 g/mol. The van der Waals surface area contributed by atoms with Gasteiger partial charge in [0.2, 0.25) is 0 Å². The van der Waals surface area contributed by atoms with Crippen LogP contribution < -0.4 is 5.32 Å². The quantitative estimate of drug-likeness (QED) is 0.902. The molecule has 1 fully saturated rings. The van der Waals surface area contributed by atoms with Gasteiger partial charge in [0.25, 0.3) is 0 Å². The summed E-state index contributed by atoms with van der Waals surface area (Å²) in [6, 6.07) is 11.0. The molecule has 2 aromatic rings. The Morgan fingerprint density at radius 2 is 1.90 bits per heavy atom. The minimum atomic E-state index is -0.184. The average Bonchev–Trinajstić information content (AvgIpc) is 2.49. The van der Waals surface area contributed by atoms with E-state index in [9.17, 15) is 4.39 Å². The first-order valence-electron chi connectivity index (χ1n) is 6.81. The summed E-state index contributed by atoms with van der Waals surface area (Å²) in [4.78, 5) is 4.55. The third-order valence-corrected chi connectivity index (χ3v) is 4.38. The van der Waals surface area contributed by atoms with Crippen LogP contribution in [0.2, 0.25) is 0 Å². The summed E-state index contributed by atoms with van der Waals surface area (Å²) in [6.45, 7) is 1.91. The topological polar surface area (TPSA) is 24.9 Å². The molecule has 0 spiro atoms. The first-order chi connectivity index (χ1) is 9.74. The Morgan fingerprint density at radius 1 is 1.10 bits per heavy atom. The molecule has 0 radical (unpaired) electrons. The fourth-order valence-electron chi connectivity index (χ4n) is 2.88. The van der Waals surface area contributed by atoms with Crippen molar-refractivity contribution < 1.29 is 4.39 Å². The summed E-state index contributed by atoms with van der Waals surface area (Å²) in [6.07, 6.45) is 2.90. The summed E-state index contributed by atoms with van der Waals surface area (Å²) >= 11 is 3.42. The fraction of sp³-hybridized carbons (Fsp3) is 0.312. The molecule has 1 aliphatic rings. The zero-order chi connectivity index (χ0) is 13.9. The predicted octanol–water partition coefficient (Wildman–Crippen LogP) is 3.84. The fourth-order valence-corrected chi connectivity index (χ4v) is 3.11. The number of halogens is 2. The van der Waals surface area contributed by atoms with E-state index in [1.165, 1.54) is 17.7 Å². The standard InChI is InChI=1S/C16H16BrFN2/c17-12-3-6-16(20-9-12)14-7-8-19-10-15(14)11-1-4-13(18)5-2-11/h1-6,9,14-15,19H,7-8,10H2. The highest BCUT2D eigenvalue weighted by molar-refractivity contribution is 9.10. The first-order valence-corrected chi connectivity index (χ1v) is 7.61. The van der Waals surface area contributed by atoms with Gasteiger partial charge in [0.05, 0.1) is 0 Å². The van der Waals surface area contributed by atoms with E-state index >= 15 is 0 Å². The van der Waals surface area contributed by atoms with Gasteiger partial charge in [-0.05, 0) is 58.7 Å². The predicted molar refractivity (Wildman–Crippen MR) is 81.3 cm³/mol. The molecule has 0 amide bonds. The van der Waals surface area contributed by atoms with Gasteiger partial charge < -0.3 is 5.32 Å². The van der Waals surface area contributed by atoms with Crippen LogP contribution in [0.3, 0.4) is 0 Å². The highest BCUT2D eigenvalue weighted by atomic mass is 79.9. The van der Waals surface area contributed by atoms with Crippen molar-refractivity contribution in [2.24, 2.45) is 0 Å². The molecular formula is C16H16BrFN2. The van der Waals surface area contributed by atoms with Gasteiger partial charge in [0.1, 0.15) is 5.82 Å². The van der Waals surface area contributed by atoms with Gasteiger partial charge in [0, 0.05) is 34.7 Å². The third-order valence-electron chi connectivity index (χ3n) is 3.91. The number of nitrogens with one attached hydrogen (secondary N) is 1. The largest absolute Gasteiger partial charge is 0.316 e. The SMILES string of the molecule is Fc1ccc(C2CNCCC2c2ccc(Br)cn2)cc1. The van der Waals surface area contributed by atoms with Crippen LogP contribution in [0.15, 0.2) is 47.1 Å². The number of rotatable bonds is 2. The van der Waals surface area contributed by atoms with Crippen molar-refractivity contribution in [3.05, 3.63) is 64.1 Å². The highest BCUT2D eigenvalue weighted by Gasteiger charge is 2.28. The maximum absolute atomic E-state index is 13.1. The van der Waals surface area contributed by atoms with E-state index in [-0.39, 0.29) is 5.82 Å². The zero-order valence-corrected chi connectivity index (χ0v) is 12.6. The summed E-state index contributed by atoms with van der Waals surface area (Å²) in [5.41, 5.74) is 2.29. The van der Waals surface area contributed by atoms with Crippen LogP contribution in [0.1, 0.15) is 29.5 Å². The molecule has 1 aromatic carbocycles. The molecule has 1 saturated heterocycles. The van der Waals surface area contributed by atoms with Crippen molar-refractivity contribution in [1.82, 2.24) is 10.3 Å². The van der Waals surface area contributed by atoms with Crippen molar-refractivity contribution in [1.29, 1.82) is 0 Å². The van der Waals surface area contributed by atoms with Gasteiger partial charge in [-0.25, -0.2) is 4.39 Å². The molecule has 4 heteroatoms. The van der Waals surface area contributed by atoms with Crippen LogP contribution in [0, 0.1) is 5.82 Å². The van der Waals surface area contributed by atoms with Crippen LogP contribution in [-0.4, -0.2) is 18.1 Å². The van der Waals surface area contributed by atoms with Crippen LogP contribution in [0.4, 0.5) is 4.39 Å². The molecule has 2 heterocycles. The normalized spacial score (nSPS) is 22.7. The lowest BCUT2D eigenvalue weighted by atomic mass is 9.79. The summed E-state index contributed by atoms with van der Waals surface area (Å²) in [5, 5.41) is 3.43. The van der Waals surface area contributed by atoms with E-state index in [0.717, 1.165) is 29.7 Å². The van der Waals surface area contributed by atoms with Crippen molar-refractivity contribution >= 4 is 15.9 Å². The average molecular weight is 335 g/mol. The molecule has 0 bridgehead atoms. The molecule has 0 saturated carbocycles. The maximum atomic E-state index is 13.1. The van der Waals surface area contributed by atoms with Crippen LogP contribution >= 0.6 is 15.9 Å². The lowest BCUT2D eigenvalue weighted by molar-refractivity contribution is 0.397. The molecule has 104 valence electrons. The van der Waals surface area contributed by atoms with E-state index in [1.54, 1.807) is 0 Å². The Balaban J connectivity index is 1.90. The number of hydrogen-bond donors (Lipinski definition) is 1. The smallest absolute Gasteiger partial charge is 0.123 e. The summed E-state index contributed by atoms with van der Waals surface area (Å²) in [5.74, 6) is 0.545. The van der Waals surface area contributed by atoms with E-state index in [2.05, 4.69) is 32.3 Å². The second-order valence-electron chi connectivity index (χ2n) is 5.16. The summed E-state index contributed by atoms with van der Waals surface area (Å²) < 4.78 is 14.1. The number of piperidine rings is 1. The number of nitrogens with zero attached hydrogens (tertiary/aromatic N) is 1. The van der Waals surface area contributed by atoms with E-state index in [0.29, 0.717) is 11.8 Å². The van der Waals surface area contributed by atoms with Crippen LogP contribution in [-0.2, 0) is 0 Å². The monoisotopic (exact) mass is 334 g/mol. The van der Waals surface area contributed by atoms with Crippen molar-refractivity contribution in [2.45, 2.75) is 18.3 Å². The van der Waals surface area contributed by atoms with Gasteiger partial charge in [-0.15, -0.1) is 0 Å². The number of hydrogen-bond acceptors (Lipinski definition) is 2. The van der Waals surface area contributed by atoms with Gasteiger partial charge >= 0.3 is 0 Å². The number of pyridine rings is 1. The van der Waals surface area contributed by atoms with Gasteiger partial charge in [-0.3, -0.25) is 4.98 Å². The lowest BCUT2D eigenvalue weighted by Crippen LogP contribution is -2.34. The molecule has 2 unspecified atom stereocenters. The lowest BCUT2D eigenvalue weighted by Gasteiger charge is -2.32. The van der Waals surface area contributed by atoms with Crippen molar-refractivity contribution in [3.8, 4) is 0 Å². The second-order valence-corrected chi connectivity index (χ2v) is 6.07. The van der Waals surface area contributed by atoms with Crippen LogP contribution in [0.5, 0.6) is 0 Å². The molecule has 1 aromatic heterocycles. The molecule has 0 aliphatic carbocycles. The third kappa shape index (κ3) is 2.91. The molecule has 20 heavy (non-hydrogen) atoms. The summed E-state index contributed by atoms with van der Waals surface area (Å²) in [7, 11) is 0. The minimum absolute atomic E-state index is 0.184. The Kier molecular flexibility index (Phi) is 4.13. The zero-order valence-electron chi connectivity index (χ0n) is 11.0. The Labute approximate surface area is 126 Å². The van der Waals surface area contributed by atoms with Crippen molar-refractivity contribution in [3.63, 3.8) is 0 Å². The van der Waals surface area contributed by atoms with Gasteiger partial charge in [0.15, 0.2) is 0 Å². The molecule has 3 rings (SSSR count). The molecule has 1 N–H and O–H groups in total.